The van der Waals surface area contributed by atoms with Gasteiger partial charge in [-0.15, -0.1) is 0 Å². The summed E-state index contributed by atoms with van der Waals surface area (Å²) in [4.78, 5) is 14.7. The maximum Gasteiger partial charge on any atom is 0.164 e. The summed E-state index contributed by atoms with van der Waals surface area (Å²) in [6, 6.07) is 58.6. The summed E-state index contributed by atoms with van der Waals surface area (Å²) in [6.45, 7) is 0. The van der Waals surface area contributed by atoms with E-state index in [1.54, 1.807) is 0 Å². The van der Waals surface area contributed by atoms with Gasteiger partial charge in [-0.05, 0) is 48.0 Å². The van der Waals surface area contributed by atoms with Crippen molar-refractivity contribution in [2.45, 2.75) is 0 Å². The van der Waals surface area contributed by atoms with Crippen LogP contribution in [0.1, 0.15) is 0 Å². The summed E-state index contributed by atoms with van der Waals surface area (Å²) < 4.78 is 8.99. The van der Waals surface area contributed by atoms with E-state index in [0.29, 0.717) is 17.5 Å². The maximum absolute atomic E-state index is 6.61. The molecule has 0 saturated carbocycles. The Labute approximate surface area is 287 Å². The summed E-state index contributed by atoms with van der Waals surface area (Å²) in [6.07, 6.45) is 0. The Morgan fingerprint density at radius 3 is 1.56 bits per heavy atom. The highest BCUT2D eigenvalue weighted by Crippen LogP contribution is 2.40. The molecule has 5 heteroatoms. The van der Waals surface area contributed by atoms with Gasteiger partial charge in [0.1, 0.15) is 11.2 Å². The van der Waals surface area contributed by atoms with Crippen LogP contribution in [0, 0.1) is 0 Å². The third-order valence-electron chi connectivity index (χ3n) is 9.45. The molecule has 3 heterocycles. The van der Waals surface area contributed by atoms with Crippen LogP contribution < -0.4 is 0 Å². The first kappa shape index (κ1) is 28.2. The summed E-state index contributed by atoms with van der Waals surface area (Å²) in [5.74, 6) is 1.86. The third kappa shape index (κ3) is 4.60. The molecule has 10 rings (SSSR count). The molecule has 0 amide bonds. The smallest absolute Gasteiger partial charge is 0.164 e. The van der Waals surface area contributed by atoms with Gasteiger partial charge in [0.25, 0.3) is 0 Å². The molecule has 0 spiro atoms. The van der Waals surface area contributed by atoms with Gasteiger partial charge in [-0.25, -0.2) is 15.0 Å². The zero-order valence-electron chi connectivity index (χ0n) is 26.9. The standard InChI is InChI=1S/C45H28N4O/c1-4-13-29(14-5-1)43-46-44(30-15-6-2-7-16-30)48-45(47-43)32-24-26-37-36-25-23-31(27-40(36)50-41(37)28-32)34-20-12-21-38-35-19-10-11-22-39(35)49(42(34)38)33-17-8-3-9-18-33/h1-28H. The number of nitrogens with zero attached hydrogens (tertiary/aromatic N) is 4. The average Bonchev–Trinajstić information content (AvgIpc) is 3.74. The molecule has 5 nitrogen and oxygen atoms in total. The second kappa shape index (κ2) is 11.4. The van der Waals surface area contributed by atoms with E-state index in [9.17, 15) is 0 Å². The molecule has 0 saturated heterocycles. The van der Waals surface area contributed by atoms with Crippen molar-refractivity contribution in [1.82, 2.24) is 19.5 Å². The Bertz CT molecular complexity index is 2800. The van der Waals surface area contributed by atoms with Crippen LogP contribution in [0.25, 0.3) is 94.7 Å². The van der Waals surface area contributed by atoms with Gasteiger partial charge in [-0.2, -0.15) is 0 Å². The predicted molar refractivity (Wildman–Crippen MR) is 203 cm³/mol. The molecular weight excluding hydrogens is 613 g/mol. The lowest BCUT2D eigenvalue weighted by Crippen LogP contribution is -2.00. The normalized spacial score (nSPS) is 11.6. The number of fused-ring (bicyclic) bond motifs is 6. The van der Waals surface area contributed by atoms with Gasteiger partial charge >= 0.3 is 0 Å². The molecule has 0 radical (unpaired) electrons. The quantitative estimate of drug-likeness (QED) is 0.188. The number of hydrogen-bond donors (Lipinski definition) is 0. The predicted octanol–water partition coefficient (Wildman–Crippen LogP) is 11.5. The molecule has 7 aromatic carbocycles. The topological polar surface area (TPSA) is 56.7 Å². The summed E-state index contributed by atoms with van der Waals surface area (Å²) in [7, 11) is 0. The van der Waals surface area contributed by atoms with E-state index in [1.165, 1.54) is 21.8 Å². The molecule has 0 N–H and O–H groups in total. The van der Waals surface area contributed by atoms with Gasteiger partial charge < -0.3 is 8.98 Å². The molecule has 0 aliphatic heterocycles. The molecule has 234 valence electrons. The van der Waals surface area contributed by atoms with Crippen LogP contribution in [0.3, 0.4) is 0 Å². The first-order valence-electron chi connectivity index (χ1n) is 16.7. The molecule has 0 atom stereocenters. The molecular formula is C45H28N4O. The van der Waals surface area contributed by atoms with E-state index < -0.39 is 0 Å². The lowest BCUT2D eigenvalue weighted by Gasteiger charge is -2.11. The minimum absolute atomic E-state index is 0.598. The van der Waals surface area contributed by atoms with Crippen LogP contribution in [0.4, 0.5) is 0 Å². The number of furan rings is 1. The number of benzene rings is 7. The minimum Gasteiger partial charge on any atom is -0.456 e. The van der Waals surface area contributed by atoms with Crippen molar-refractivity contribution in [3.05, 3.63) is 170 Å². The Kier molecular flexibility index (Phi) is 6.42. The van der Waals surface area contributed by atoms with Crippen molar-refractivity contribution < 1.29 is 4.42 Å². The van der Waals surface area contributed by atoms with Crippen LogP contribution in [-0.4, -0.2) is 19.5 Å². The van der Waals surface area contributed by atoms with Gasteiger partial charge in [0.2, 0.25) is 0 Å². The summed E-state index contributed by atoms with van der Waals surface area (Å²) in [5.41, 5.74) is 10.1. The van der Waals surface area contributed by atoms with Crippen molar-refractivity contribution in [1.29, 1.82) is 0 Å². The lowest BCUT2D eigenvalue weighted by atomic mass is 10.00. The van der Waals surface area contributed by atoms with Crippen LogP contribution >= 0.6 is 0 Å². The zero-order chi connectivity index (χ0) is 33.0. The Balaban J connectivity index is 1.12. The van der Waals surface area contributed by atoms with Gasteiger partial charge in [0, 0.05) is 49.5 Å². The second-order valence-corrected chi connectivity index (χ2v) is 12.5. The highest BCUT2D eigenvalue weighted by Gasteiger charge is 2.18. The first-order chi connectivity index (χ1) is 24.8. The van der Waals surface area contributed by atoms with Crippen LogP contribution in [0.2, 0.25) is 0 Å². The van der Waals surface area contributed by atoms with Crippen LogP contribution in [-0.2, 0) is 0 Å². The SMILES string of the molecule is c1ccc(-c2nc(-c3ccccc3)nc(-c3ccc4c(c3)oc3cc(-c5cccc6c7ccccc7n(-c7ccccc7)c56)ccc34)n2)cc1. The molecule has 10 aromatic rings. The molecule has 0 aliphatic rings. The van der Waals surface area contributed by atoms with E-state index in [0.717, 1.165) is 55.4 Å². The summed E-state index contributed by atoms with van der Waals surface area (Å²) >= 11 is 0. The average molecular weight is 641 g/mol. The van der Waals surface area contributed by atoms with Crippen molar-refractivity contribution in [2.75, 3.05) is 0 Å². The number of rotatable bonds is 5. The van der Waals surface area contributed by atoms with E-state index in [2.05, 4.69) is 108 Å². The fraction of sp³-hybridized carbons (Fsp3) is 0. The van der Waals surface area contributed by atoms with Crippen molar-refractivity contribution in [3.8, 4) is 51.0 Å². The fourth-order valence-corrected chi connectivity index (χ4v) is 7.12. The van der Waals surface area contributed by atoms with Gasteiger partial charge in [0.15, 0.2) is 17.5 Å². The van der Waals surface area contributed by atoms with Crippen molar-refractivity contribution in [3.63, 3.8) is 0 Å². The Hall–Kier alpha value is -6.85. The van der Waals surface area contributed by atoms with E-state index in [1.807, 2.05) is 66.7 Å². The van der Waals surface area contributed by atoms with Gasteiger partial charge in [0.05, 0.1) is 11.0 Å². The van der Waals surface area contributed by atoms with Crippen LogP contribution in [0.5, 0.6) is 0 Å². The molecule has 0 unspecified atom stereocenters. The highest BCUT2D eigenvalue weighted by atomic mass is 16.3. The monoisotopic (exact) mass is 640 g/mol. The minimum atomic E-state index is 0.598. The zero-order valence-corrected chi connectivity index (χ0v) is 26.9. The highest BCUT2D eigenvalue weighted by molar-refractivity contribution is 6.14. The van der Waals surface area contributed by atoms with Crippen molar-refractivity contribution >= 4 is 43.7 Å². The lowest BCUT2D eigenvalue weighted by molar-refractivity contribution is 0.669. The number of hydrogen-bond acceptors (Lipinski definition) is 4. The third-order valence-corrected chi connectivity index (χ3v) is 9.45. The molecule has 3 aromatic heterocycles. The van der Waals surface area contributed by atoms with Crippen LogP contribution in [0.15, 0.2) is 174 Å². The second-order valence-electron chi connectivity index (χ2n) is 12.5. The summed E-state index contributed by atoms with van der Waals surface area (Å²) in [5, 5.41) is 4.57. The number of para-hydroxylation sites is 3. The largest absolute Gasteiger partial charge is 0.456 e. The fourth-order valence-electron chi connectivity index (χ4n) is 7.12. The van der Waals surface area contributed by atoms with E-state index >= 15 is 0 Å². The van der Waals surface area contributed by atoms with E-state index in [4.69, 9.17) is 19.4 Å². The van der Waals surface area contributed by atoms with Gasteiger partial charge in [-0.3, -0.25) is 0 Å². The Morgan fingerprint density at radius 1 is 0.380 bits per heavy atom. The first-order valence-corrected chi connectivity index (χ1v) is 16.7. The van der Waals surface area contributed by atoms with Gasteiger partial charge in [-0.1, -0.05) is 127 Å². The molecule has 0 aliphatic carbocycles. The Morgan fingerprint density at radius 2 is 0.900 bits per heavy atom. The molecule has 0 bridgehead atoms. The molecule has 0 fully saturated rings. The van der Waals surface area contributed by atoms with E-state index in [-0.39, 0.29) is 0 Å². The van der Waals surface area contributed by atoms with Crippen molar-refractivity contribution in [2.24, 2.45) is 0 Å². The molecule has 50 heavy (non-hydrogen) atoms. The maximum atomic E-state index is 6.61. The number of aromatic nitrogens is 4.